The number of carbonyl (C=O) groups excluding carboxylic acids is 1. The third kappa shape index (κ3) is 9.33. The van der Waals surface area contributed by atoms with Crippen LogP contribution in [0.25, 0.3) is 0 Å². The summed E-state index contributed by atoms with van der Waals surface area (Å²) in [5.41, 5.74) is 0.0681. The zero-order valence-electron chi connectivity index (χ0n) is 25.0. The SMILES string of the molecule is O=C(OCC(O)COc1ccccc1)c1ccc(S(=O)(=O)[O-])cc1.OCC[P+](c1ccccc1)(c1ccccc1)c1ccccc1. The number of benzene rings is 5. The lowest BCUT2D eigenvalue weighted by Crippen LogP contribution is -2.34. The molecule has 0 saturated heterocycles. The maximum absolute atomic E-state index is 11.8. The Balaban J connectivity index is 0.000000209. The third-order valence-electron chi connectivity index (χ3n) is 7.00. The molecule has 1 unspecified atom stereocenters. The second-order valence-electron chi connectivity index (χ2n) is 10.1. The van der Waals surface area contributed by atoms with Crippen LogP contribution in [0.2, 0.25) is 0 Å². The van der Waals surface area contributed by atoms with Crippen LogP contribution >= 0.6 is 7.26 Å². The molecule has 0 radical (unpaired) electrons. The lowest BCUT2D eigenvalue weighted by molar-refractivity contribution is 0.0130. The Morgan fingerprint density at radius 3 is 1.52 bits per heavy atom. The van der Waals surface area contributed by atoms with Crippen LogP contribution in [-0.4, -0.2) is 61.2 Å². The fourth-order valence-electron chi connectivity index (χ4n) is 4.80. The number of hydrogen-bond acceptors (Lipinski definition) is 8. The Morgan fingerprint density at radius 1 is 0.674 bits per heavy atom. The number of aliphatic hydroxyl groups excluding tert-OH is 2. The van der Waals surface area contributed by atoms with Gasteiger partial charge in [0.05, 0.1) is 23.2 Å². The van der Waals surface area contributed by atoms with E-state index in [2.05, 4.69) is 72.8 Å². The summed E-state index contributed by atoms with van der Waals surface area (Å²) in [6.07, 6.45) is -0.249. The second-order valence-corrected chi connectivity index (χ2v) is 15.1. The summed E-state index contributed by atoms with van der Waals surface area (Å²) in [5.74, 6) is -0.166. The van der Waals surface area contributed by atoms with Gasteiger partial charge in [-0.3, -0.25) is 0 Å². The summed E-state index contributed by atoms with van der Waals surface area (Å²) < 4.78 is 42.6. The fraction of sp³-hybridized carbons (Fsp3) is 0.139. The van der Waals surface area contributed by atoms with Gasteiger partial charge in [-0.15, -0.1) is 0 Å². The van der Waals surface area contributed by atoms with Gasteiger partial charge in [-0.2, -0.15) is 0 Å². The predicted octanol–water partition coefficient (Wildman–Crippen LogP) is 4.16. The highest BCUT2D eigenvalue weighted by molar-refractivity contribution is 7.95. The molecule has 5 rings (SSSR count). The fourth-order valence-corrected chi connectivity index (χ4v) is 9.28. The number of aliphatic hydroxyl groups is 2. The average Bonchev–Trinajstić information content (AvgIpc) is 3.10. The van der Waals surface area contributed by atoms with Crippen LogP contribution in [0.1, 0.15) is 10.4 Å². The molecule has 10 heteroatoms. The summed E-state index contributed by atoms with van der Waals surface area (Å²) in [6, 6.07) is 45.1. The zero-order valence-corrected chi connectivity index (χ0v) is 26.7. The minimum Gasteiger partial charge on any atom is -0.744 e. The van der Waals surface area contributed by atoms with Gasteiger partial charge in [-0.05, 0) is 72.8 Å². The first-order chi connectivity index (χ1) is 22.2. The minimum absolute atomic E-state index is 0.0509. The molecule has 0 amide bonds. The van der Waals surface area contributed by atoms with E-state index < -0.39 is 34.3 Å². The molecule has 0 aromatic heterocycles. The van der Waals surface area contributed by atoms with Crippen LogP contribution in [0.15, 0.2) is 150 Å². The highest BCUT2D eigenvalue weighted by atomic mass is 32.2. The minimum atomic E-state index is -4.56. The van der Waals surface area contributed by atoms with Gasteiger partial charge < -0.3 is 24.2 Å². The number of ether oxygens (including phenoxy) is 2. The van der Waals surface area contributed by atoms with E-state index in [0.717, 1.165) is 18.3 Å². The summed E-state index contributed by atoms with van der Waals surface area (Å²) in [7, 11) is -6.37. The summed E-state index contributed by atoms with van der Waals surface area (Å²) >= 11 is 0. The lowest BCUT2D eigenvalue weighted by Gasteiger charge is -2.26. The Labute approximate surface area is 270 Å². The zero-order chi connectivity index (χ0) is 32.8. The van der Waals surface area contributed by atoms with Gasteiger partial charge in [0.1, 0.15) is 58.4 Å². The van der Waals surface area contributed by atoms with Gasteiger partial charge in [0.25, 0.3) is 0 Å². The van der Waals surface area contributed by atoms with Crippen LogP contribution in [0.4, 0.5) is 0 Å². The molecule has 0 saturated carbocycles. The van der Waals surface area contributed by atoms with Crippen LogP contribution in [0.5, 0.6) is 5.75 Å². The van der Waals surface area contributed by atoms with E-state index in [0.29, 0.717) is 5.75 Å². The molecule has 5 aromatic rings. The number of hydrogen-bond donors (Lipinski definition) is 2. The van der Waals surface area contributed by atoms with Gasteiger partial charge in [-0.25, -0.2) is 13.2 Å². The van der Waals surface area contributed by atoms with Crippen LogP contribution < -0.4 is 20.7 Å². The number of para-hydroxylation sites is 1. The molecular formula is C36H35O8PS. The average molecular weight is 659 g/mol. The molecule has 0 fully saturated rings. The Kier molecular flexibility index (Phi) is 12.6. The predicted molar refractivity (Wildman–Crippen MR) is 180 cm³/mol. The molecule has 46 heavy (non-hydrogen) atoms. The van der Waals surface area contributed by atoms with Crippen molar-refractivity contribution in [2.24, 2.45) is 0 Å². The Morgan fingerprint density at radius 2 is 1.11 bits per heavy atom. The quantitative estimate of drug-likeness (QED) is 0.116. The van der Waals surface area contributed by atoms with Crippen molar-refractivity contribution in [3.8, 4) is 5.75 Å². The molecule has 0 heterocycles. The molecular weight excluding hydrogens is 623 g/mol. The van der Waals surface area contributed by atoms with Crippen molar-refractivity contribution in [2.45, 2.75) is 11.0 Å². The molecule has 238 valence electrons. The number of rotatable bonds is 12. The maximum atomic E-state index is 11.8. The van der Waals surface area contributed by atoms with E-state index in [9.17, 15) is 28.0 Å². The smallest absolute Gasteiger partial charge is 0.338 e. The summed E-state index contributed by atoms with van der Waals surface area (Å²) in [4.78, 5) is 11.3. The molecule has 0 aliphatic carbocycles. The highest BCUT2D eigenvalue weighted by Crippen LogP contribution is 2.54. The van der Waals surface area contributed by atoms with Crippen molar-refractivity contribution < 1.29 is 37.5 Å². The van der Waals surface area contributed by atoms with Gasteiger partial charge in [-0.1, -0.05) is 72.8 Å². The molecule has 5 aromatic carbocycles. The van der Waals surface area contributed by atoms with Crippen LogP contribution in [-0.2, 0) is 14.9 Å². The van der Waals surface area contributed by atoms with E-state index in [1.54, 1.807) is 24.3 Å². The van der Waals surface area contributed by atoms with E-state index in [1.165, 1.54) is 28.0 Å². The largest absolute Gasteiger partial charge is 0.744 e. The first-order valence-corrected chi connectivity index (χ1v) is 17.9. The van der Waals surface area contributed by atoms with Crippen molar-refractivity contribution in [1.82, 2.24) is 0 Å². The summed E-state index contributed by atoms with van der Waals surface area (Å²) in [5, 5.41) is 23.5. The van der Waals surface area contributed by atoms with Crippen LogP contribution in [0, 0.1) is 0 Å². The summed E-state index contributed by atoms with van der Waals surface area (Å²) in [6.45, 7) is -0.148. The highest BCUT2D eigenvalue weighted by Gasteiger charge is 2.44. The van der Waals surface area contributed by atoms with E-state index in [1.807, 2.05) is 24.3 Å². The van der Waals surface area contributed by atoms with Gasteiger partial charge in [0.2, 0.25) is 0 Å². The van der Waals surface area contributed by atoms with Gasteiger partial charge in [0, 0.05) is 0 Å². The van der Waals surface area contributed by atoms with E-state index >= 15 is 0 Å². The van der Waals surface area contributed by atoms with Crippen molar-refractivity contribution in [2.75, 3.05) is 26.0 Å². The molecule has 0 aliphatic heterocycles. The first kappa shape index (κ1) is 34.5. The number of esters is 1. The van der Waals surface area contributed by atoms with Crippen molar-refractivity contribution in [1.29, 1.82) is 0 Å². The van der Waals surface area contributed by atoms with Gasteiger partial charge in [0.15, 0.2) is 0 Å². The molecule has 0 spiro atoms. The topological polar surface area (TPSA) is 133 Å². The molecule has 8 nitrogen and oxygen atoms in total. The normalized spacial score (nSPS) is 11.9. The van der Waals surface area contributed by atoms with Gasteiger partial charge >= 0.3 is 5.97 Å². The van der Waals surface area contributed by atoms with E-state index in [4.69, 9.17) is 9.47 Å². The molecule has 1 atom stereocenters. The Hall–Kier alpha value is -4.37. The molecule has 0 aliphatic rings. The Bertz CT molecular complexity index is 1640. The molecule has 2 N–H and O–H groups in total. The standard InChI is InChI=1S/C20H20OP.C16H16O7S/c21-16-17-22(18-10-4-1-5-11-18,19-12-6-2-7-13-19)20-14-8-3-9-15-20;17-13(10-22-14-4-2-1-3-5-14)11-23-16(18)12-6-8-15(9-7-12)24(19,20)21/h1-15,21H,16-17H2;1-9,13,17H,10-11H2,(H,19,20,21)/q+1;/p-1. The lowest BCUT2D eigenvalue weighted by atomic mass is 10.2. The monoisotopic (exact) mass is 658 g/mol. The molecule has 0 bridgehead atoms. The first-order valence-electron chi connectivity index (χ1n) is 14.5. The van der Waals surface area contributed by atoms with E-state index in [-0.39, 0.29) is 25.4 Å². The third-order valence-corrected chi connectivity index (χ3v) is 12.3. The van der Waals surface area contributed by atoms with Crippen molar-refractivity contribution in [3.05, 3.63) is 151 Å². The number of carbonyl (C=O) groups is 1. The van der Waals surface area contributed by atoms with Crippen molar-refractivity contribution in [3.63, 3.8) is 0 Å². The van der Waals surface area contributed by atoms with Crippen LogP contribution in [0.3, 0.4) is 0 Å². The van der Waals surface area contributed by atoms with Crippen molar-refractivity contribution >= 4 is 39.3 Å². The maximum Gasteiger partial charge on any atom is 0.338 e. The second kappa shape index (κ2) is 16.8.